The summed E-state index contributed by atoms with van der Waals surface area (Å²) in [5.41, 5.74) is 3.17. The van der Waals surface area contributed by atoms with Crippen LogP contribution in [0.4, 0.5) is 14.5 Å². The molecule has 8 nitrogen and oxygen atoms in total. The van der Waals surface area contributed by atoms with Crippen LogP contribution >= 0.6 is 11.6 Å². The van der Waals surface area contributed by atoms with Crippen molar-refractivity contribution in [2.45, 2.75) is 51.7 Å². The Balaban J connectivity index is 1.52. The van der Waals surface area contributed by atoms with E-state index in [2.05, 4.69) is 10.2 Å². The molecule has 2 aromatic heterocycles. The van der Waals surface area contributed by atoms with Gasteiger partial charge in [-0.1, -0.05) is 35.9 Å². The molecule has 0 atom stereocenters. The van der Waals surface area contributed by atoms with E-state index in [1.165, 1.54) is 12.3 Å². The van der Waals surface area contributed by atoms with Gasteiger partial charge in [0.2, 0.25) is 5.91 Å². The van der Waals surface area contributed by atoms with Gasteiger partial charge in [0.15, 0.2) is 0 Å². The minimum atomic E-state index is -2.58. The molecule has 1 aromatic carbocycles. The monoisotopic (exact) mass is 502 g/mol. The molecule has 0 aliphatic carbocycles. The van der Waals surface area contributed by atoms with E-state index in [4.69, 9.17) is 16.7 Å². The maximum absolute atomic E-state index is 13.6. The molecule has 3 aromatic rings. The number of likely N-dealkylation sites (tertiary alicyclic amines) is 1. The molecule has 1 N–H and O–H groups in total. The lowest BCUT2D eigenvalue weighted by atomic mass is 10.0. The average molecular weight is 503 g/mol. The number of halogens is 3. The van der Waals surface area contributed by atoms with E-state index in [0.29, 0.717) is 50.3 Å². The van der Waals surface area contributed by atoms with Gasteiger partial charge in [0.1, 0.15) is 5.02 Å². The number of piperidine rings is 1. The van der Waals surface area contributed by atoms with Gasteiger partial charge >= 0.3 is 0 Å². The molecule has 0 radical (unpaired) electrons. The van der Waals surface area contributed by atoms with E-state index < -0.39 is 12.0 Å². The van der Waals surface area contributed by atoms with Gasteiger partial charge < -0.3 is 9.80 Å². The third-order valence-electron chi connectivity index (χ3n) is 6.71. The number of nitrogens with zero attached hydrogens (tertiary/aromatic N) is 5. The number of fused-ring (bicyclic) bond motifs is 1. The maximum atomic E-state index is 13.6. The van der Waals surface area contributed by atoms with Crippen LogP contribution in [0.25, 0.3) is 0 Å². The summed E-state index contributed by atoms with van der Waals surface area (Å²) in [6.07, 6.45) is 1.86. The summed E-state index contributed by atoms with van der Waals surface area (Å²) in [6, 6.07) is 6.48. The molecule has 35 heavy (non-hydrogen) atoms. The number of carbonyl (C=O) groups excluding carboxylic acids is 1. The fourth-order valence-electron chi connectivity index (χ4n) is 4.88. The van der Waals surface area contributed by atoms with E-state index in [-0.39, 0.29) is 23.0 Å². The van der Waals surface area contributed by atoms with Crippen molar-refractivity contribution in [3.05, 3.63) is 73.9 Å². The van der Waals surface area contributed by atoms with Crippen LogP contribution in [0.3, 0.4) is 0 Å². The number of hydrogen-bond acceptors (Lipinski definition) is 5. The predicted octanol–water partition coefficient (Wildman–Crippen LogP) is 3.68. The summed E-state index contributed by atoms with van der Waals surface area (Å²) in [5.74, 6) is 0.0945. The molecular formula is C24H25ClF2N6O2. The van der Waals surface area contributed by atoms with Gasteiger partial charge in [0.25, 0.3) is 12.0 Å². The summed E-state index contributed by atoms with van der Waals surface area (Å²) in [4.78, 5) is 28.3. The Morgan fingerprint density at radius 1 is 1.09 bits per heavy atom. The van der Waals surface area contributed by atoms with E-state index in [1.54, 1.807) is 22.9 Å². The summed E-state index contributed by atoms with van der Waals surface area (Å²) >= 11 is 6.26. The van der Waals surface area contributed by atoms with Crippen LogP contribution in [0, 0.1) is 0 Å². The third kappa shape index (κ3) is 4.67. The summed E-state index contributed by atoms with van der Waals surface area (Å²) in [7, 11) is 0. The van der Waals surface area contributed by atoms with E-state index in [0.717, 1.165) is 29.8 Å². The Morgan fingerprint density at radius 3 is 2.71 bits per heavy atom. The highest BCUT2D eigenvalue weighted by molar-refractivity contribution is 6.33. The Hall–Kier alpha value is -3.27. The number of aromatic nitrogens is 4. The Labute approximate surface area is 205 Å². The van der Waals surface area contributed by atoms with E-state index in [1.807, 2.05) is 9.80 Å². The number of rotatable bonds is 6. The second-order valence-corrected chi connectivity index (χ2v) is 9.25. The molecule has 1 fully saturated rings. The molecule has 2 aliphatic rings. The van der Waals surface area contributed by atoms with Crippen molar-refractivity contribution in [1.29, 1.82) is 0 Å². The van der Waals surface area contributed by atoms with E-state index >= 15 is 0 Å². The molecule has 5 rings (SSSR count). The average Bonchev–Trinajstić information content (AvgIpc) is 3.18. The molecule has 11 heteroatoms. The van der Waals surface area contributed by atoms with Crippen molar-refractivity contribution in [3.8, 4) is 0 Å². The fourth-order valence-corrected chi connectivity index (χ4v) is 5.09. The number of alkyl halides is 2. The highest BCUT2D eigenvalue weighted by Crippen LogP contribution is 2.31. The smallest absolute Gasteiger partial charge is 0.285 e. The molecule has 0 bridgehead atoms. The highest BCUT2D eigenvalue weighted by Gasteiger charge is 2.29. The number of benzene rings is 1. The van der Waals surface area contributed by atoms with Crippen LogP contribution in [0.2, 0.25) is 5.02 Å². The van der Waals surface area contributed by atoms with Crippen LogP contribution in [0.1, 0.15) is 53.8 Å². The second-order valence-electron chi connectivity index (χ2n) is 8.87. The van der Waals surface area contributed by atoms with Crippen molar-refractivity contribution in [3.63, 3.8) is 0 Å². The van der Waals surface area contributed by atoms with Gasteiger partial charge in [-0.05, 0) is 18.4 Å². The predicted molar refractivity (Wildman–Crippen MR) is 127 cm³/mol. The van der Waals surface area contributed by atoms with Gasteiger partial charge in [-0.3, -0.25) is 14.3 Å². The third-order valence-corrected chi connectivity index (χ3v) is 7.07. The Morgan fingerprint density at radius 2 is 1.91 bits per heavy atom. The molecule has 1 saturated heterocycles. The first kappa shape index (κ1) is 23.5. The molecule has 0 saturated carbocycles. The van der Waals surface area contributed by atoms with Crippen molar-refractivity contribution < 1.29 is 13.6 Å². The quantitative estimate of drug-likeness (QED) is 0.555. The number of aromatic amines is 1. The summed E-state index contributed by atoms with van der Waals surface area (Å²) < 4.78 is 29.0. The minimum Gasteiger partial charge on any atom is -0.364 e. The normalized spacial score (nSPS) is 16.2. The van der Waals surface area contributed by atoms with Crippen LogP contribution in [-0.2, 0) is 30.8 Å². The topological polar surface area (TPSA) is 87.1 Å². The standard InChI is InChI=1S/C24H25ClF2N6O2/c25-22-20(11-28-29-24(22)35)31-10-8-19-17(13-31)18(14-32-9-4-3-7-21(32)34)30-33(19)12-15-5-1-2-6-16(15)23(26)27/h1-2,5-6,11,23H,3-4,7-10,12-14H2,(H,29,35). The number of anilines is 1. The van der Waals surface area contributed by atoms with E-state index in [9.17, 15) is 18.4 Å². The lowest BCUT2D eigenvalue weighted by molar-refractivity contribution is -0.133. The molecule has 4 heterocycles. The van der Waals surface area contributed by atoms with Crippen LogP contribution < -0.4 is 10.5 Å². The number of carbonyl (C=O) groups is 1. The van der Waals surface area contributed by atoms with Gasteiger partial charge in [0, 0.05) is 49.3 Å². The summed E-state index contributed by atoms with van der Waals surface area (Å²) in [6.45, 7) is 2.22. The highest BCUT2D eigenvalue weighted by atomic mass is 35.5. The first-order chi connectivity index (χ1) is 16.9. The van der Waals surface area contributed by atoms with Gasteiger partial charge in [-0.25, -0.2) is 13.9 Å². The number of H-pyrrole nitrogens is 1. The minimum absolute atomic E-state index is 0.0108. The van der Waals surface area contributed by atoms with Crippen LogP contribution in [-0.4, -0.2) is 43.9 Å². The first-order valence-corrected chi connectivity index (χ1v) is 12.0. The van der Waals surface area contributed by atoms with Crippen molar-refractivity contribution in [2.75, 3.05) is 18.0 Å². The molecule has 184 valence electrons. The molecule has 2 aliphatic heterocycles. The zero-order chi connectivity index (χ0) is 24.5. The van der Waals surface area contributed by atoms with Crippen molar-refractivity contribution >= 4 is 23.2 Å². The largest absolute Gasteiger partial charge is 0.364 e. The summed E-state index contributed by atoms with van der Waals surface area (Å²) in [5, 5.41) is 11.1. The molecular weight excluding hydrogens is 478 g/mol. The molecule has 0 unspecified atom stereocenters. The maximum Gasteiger partial charge on any atom is 0.285 e. The van der Waals surface area contributed by atoms with Crippen molar-refractivity contribution in [1.82, 2.24) is 24.9 Å². The van der Waals surface area contributed by atoms with Gasteiger partial charge in [-0.15, -0.1) is 0 Å². The number of hydrogen-bond donors (Lipinski definition) is 1. The molecule has 0 spiro atoms. The van der Waals surface area contributed by atoms with Gasteiger partial charge in [-0.2, -0.15) is 10.2 Å². The lowest BCUT2D eigenvalue weighted by Crippen LogP contribution is -2.36. The Bertz CT molecular complexity index is 1310. The SMILES string of the molecule is O=C1CCCCN1Cc1nn(Cc2ccccc2C(F)F)c2c1CN(c1cn[nH]c(=O)c1Cl)CC2. The Kier molecular flexibility index (Phi) is 6.55. The second kappa shape index (κ2) is 9.77. The van der Waals surface area contributed by atoms with Crippen molar-refractivity contribution in [2.24, 2.45) is 0 Å². The zero-order valence-electron chi connectivity index (χ0n) is 19.0. The van der Waals surface area contributed by atoms with Crippen LogP contribution in [0.5, 0.6) is 0 Å². The number of nitrogens with one attached hydrogen (secondary N) is 1. The van der Waals surface area contributed by atoms with Gasteiger partial charge in [0.05, 0.1) is 30.7 Å². The fraction of sp³-hybridized carbons (Fsp3) is 0.417. The molecule has 1 amide bonds. The zero-order valence-corrected chi connectivity index (χ0v) is 19.8. The number of amides is 1. The lowest BCUT2D eigenvalue weighted by Gasteiger charge is -2.31. The first-order valence-electron chi connectivity index (χ1n) is 11.6. The van der Waals surface area contributed by atoms with Crippen LogP contribution in [0.15, 0.2) is 35.3 Å².